The fraction of sp³-hybridized carbons (Fsp3) is 0.625. The van der Waals surface area contributed by atoms with Crippen LogP contribution in [0.5, 0.6) is 0 Å². The number of nitrogens with zero attached hydrogens (tertiary/aromatic N) is 1. The lowest BCUT2D eigenvalue weighted by atomic mass is 10.0. The summed E-state index contributed by atoms with van der Waals surface area (Å²) in [5, 5.41) is 0. The Kier molecular flexibility index (Phi) is 5.80. The molecule has 0 aliphatic heterocycles. The Hall–Kier alpha value is -1.09. The van der Waals surface area contributed by atoms with Gasteiger partial charge in [-0.05, 0) is 50.3 Å². The SMILES string of the molecule is CC(C)CC(C)N(C)c1ccc(CC(C)N)cc1F. The van der Waals surface area contributed by atoms with E-state index in [0.717, 1.165) is 12.0 Å². The normalized spacial score (nSPS) is 14.5. The second-order valence-electron chi connectivity index (χ2n) is 6.06. The summed E-state index contributed by atoms with van der Waals surface area (Å²) in [5.74, 6) is 0.453. The van der Waals surface area contributed by atoms with Crippen molar-refractivity contribution in [3.63, 3.8) is 0 Å². The standard InChI is InChI=1S/C16H27FN2/c1-11(2)8-13(4)19(5)16-7-6-14(9-12(3)18)10-15(16)17/h6-7,10-13H,8-9,18H2,1-5H3. The summed E-state index contributed by atoms with van der Waals surface area (Å²) in [5.41, 5.74) is 7.37. The quantitative estimate of drug-likeness (QED) is 0.852. The molecular weight excluding hydrogens is 239 g/mol. The van der Waals surface area contributed by atoms with Crippen molar-refractivity contribution >= 4 is 5.69 Å². The molecule has 0 spiro atoms. The van der Waals surface area contributed by atoms with E-state index in [1.54, 1.807) is 6.07 Å². The molecule has 2 unspecified atom stereocenters. The molecule has 2 atom stereocenters. The molecular formula is C16H27FN2. The van der Waals surface area contributed by atoms with Crippen molar-refractivity contribution in [2.24, 2.45) is 11.7 Å². The smallest absolute Gasteiger partial charge is 0.146 e. The number of halogens is 1. The van der Waals surface area contributed by atoms with Gasteiger partial charge in [0.15, 0.2) is 0 Å². The van der Waals surface area contributed by atoms with E-state index in [1.807, 2.05) is 31.0 Å². The third kappa shape index (κ3) is 4.83. The van der Waals surface area contributed by atoms with Crippen LogP contribution in [0.15, 0.2) is 18.2 Å². The highest BCUT2D eigenvalue weighted by molar-refractivity contribution is 5.49. The molecule has 3 heteroatoms. The molecule has 0 aliphatic rings. The Balaban J connectivity index is 2.83. The van der Waals surface area contributed by atoms with Crippen LogP contribution in [0.25, 0.3) is 0 Å². The van der Waals surface area contributed by atoms with Crippen molar-refractivity contribution < 1.29 is 4.39 Å². The molecule has 0 bridgehead atoms. The molecule has 0 amide bonds. The highest BCUT2D eigenvalue weighted by Gasteiger charge is 2.15. The lowest BCUT2D eigenvalue weighted by Crippen LogP contribution is -2.30. The van der Waals surface area contributed by atoms with Gasteiger partial charge in [0, 0.05) is 19.1 Å². The molecule has 2 N–H and O–H groups in total. The minimum absolute atomic E-state index is 0.0582. The number of benzene rings is 1. The van der Waals surface area contributed by atoms with Crippen LogP contribution in [-0.2, 0) is 6.42 Å². The van der Waals surface area contributed by atoms with Gasteiger partial charge in [0.1, 0.15) is 5.82 Å². The first kappa shape index (κ1) is 16.0. The van der Waals surface area contributed by atoms with Crippen LogP contribution in [0.4, 0.5) is 10.1 Å². The molecule has 1 aromatic rings. The molecule has 0 saturated carbocycles. The third-order valence-corrected chi connectivity index (χ3v) is 3.42. The van der Waals surface area contributed by atoms with Gasteiger partial charge in [-0.25, -0.2) is 4.39 Å². The van der Waals surface area contributed by atoms with Crippen molar-refractivity contribution in [1.82, 2.24) is 0 Å². The number of anilines is 1. The Morgan fingerprint density at radius 3 is 2.32 bits per heavy atom. The van der Waals surface area contributed by atoms with Crippen LogP contribution >= 0.6 is 0 Å². The van der Waals surface area contributed by atoms with Crippen molar-refractivity contribution in [3.8, 4) is 0 Å². The second-order valence-corrected chi connectivity index (χ2v) is 6.06. The lowest BCUT2D eigenvalue weighted by Gasteiger charge is -2.29. The van der Waals surface area contributed by atoms with Gasteiger partial charge in [-0.2, -0.15) is 0 Å². The van der Waals surface area contributed by atoms with Crippen molar-refractivity contribution in [3.05, 3.63) is 29.6 Å². The lowest BCUT2D eigenvalue weighted by molar-refractivity contribution is 0.498. The maximum absolute atomic E-state index is 14.2. The first-order valence-electron chi connectivity index (χ1n) is 7.08. The number of hydrogen-bond donors (Lipinski definition) is 1. The molecule has 0 radical (unpaired) electrons. The topological polar surface area (TPSA) is 29.3 Å². The summed E-state index contributed by atoms with van der Waals surface area (Å²) in [7, 11) is 1.96. The summed E-state index contributed by atoms with van der Waals surface area (Å²) in [6, 6.07) is 5.83. The predicted octanol–water partition coefficient (Wildman–Crippen LogP) is 3.59. The van der Waals surface area contributed by atoms with Gasteiger partial charge in [-0.1, -0.05) is 19.9 Å². The van der Waals surface area contributed by atoms with Crippen LogP contribution in [0.2, 0.25) is 0 Å². The van der Waals surface area contributed by atoms with Crippen LogP contribution in [0.1, 0.15) is 39.7 Å². The largest absolute Gasteiger partial charge is 0.370 e. The summed E-state index contributed by atoms with van der Waals surface area (Å²) in [6.07, 6.45) is 1.76. The van der Waals surface area contributed by atoms with E-state index in [1.165, 1.54) is 0 Å². The van der Waals surface area contributed by atoms with Gasteiger partial charge >= 0.3 is 0 Å². The van der Waals surface area contributed by atoms with Crippen LogP contribution < -0.4 is 10.6 Å². The Morgan fingerprint density at radius 2 is 1.84 bits per heavy atom. The second kappa shape index (κ2) is 6.90. The molecule has 19 heavy (non-hydrogen) atoms. The van der Waals surface area contributed by atoms with E-state index in [0.29, 0.717) is 24.1 Å². The highest BCUT2D eigenvalue weighted by atomic mass is 19.1. The fourth-order valence-electron chi connectivity index (χ4n) is 2.41. The Bertz CT molecular complexity index is 402. The average molecular weight is 266 g/mol. The van der Waals surface area contributed by atoms with E-state index in [4.69, 9.17) is 5.73 Å². The molecule has 108 valence electrons. The van der Waals surface area contributed by atoms with E-state index in [-0.39, 0.29) is 11.9 Å². The number of hydrogen-bond acceptors (Lipinski definition) is 2. The zero-order chi connectivity index (χ0) is 14.6. The summed E-state index contributed by atoms with van der Waals surface area (Å²) in [4.78, 5) is 2.02. The molecule has 0 saturated heterocycles. The maximum atomic E-state index is 14.2. The molecule has 1 rings (SSSR count). The van der Waals surface area contributed by atoms with Gasteiger partial charge in [0.2, 0.25) is 0 Å². The van der Waals surface area contributed by atoms with E-state index >= 15 is 0 Å². The van der Waals surface area contributed by atoms with Crippen LogP contribution in [0, 0.1) is 11.7 Å². The van der Waals surface area contributed by atoms with Gasteiger partial charge in [0.25, 0.3) is 0 Å². The number of nitrogens with two attached hydrogens (primary N) is 1. The molecule has 0 aliphatic carbocycles. The predicted molar refractivity (Wildman–Crippen MR) is 81.1 cm³/mol. The van der Waals surface area contributed by atoms with Gasteiger partial charge in [0.05, 0.1) is 5.69 Å². The first-order valence-corrected chi connectivity index (χ1v) is 7.08. The molecule has 2 nitrogen and oxygen atoms in total. The zero-order valence-corrected chi connectivity index (χ0v) is 12.8. The summed E-state index contributed by atoms with van der Waals surface area (Å²) in [6.45, 7) is 8.44. The average Bonchev–Trinajstić information content (AvgIpc) is 2.26. The van der Waals surface area contributed by atoms with Gasteiger partial charge in [-0.15, -0.1) is 0 Å². The Morgan fingerprint density at radius 1 is 1.21 bits per heavy atom. The van der Waals surface area contributed by atoms with Gasteiger partial charge < -0.3 is 10.6 Å². The molecule has 1 aromatic carbocycles. The van der Waals surface area contributed by atoms with Crippen molar-refractivity contribution in [2.45, 2.75) is 52.6 Å². The third-order valence-electron chi connectivity index (χ3n) is 3.42. The first-order chi connectivity index (χ1) is 8.81. The van der Waals surface area contributed by atoms with Crippen LogP contribution in [-0.4, -0.2) is 19.1 Å². The molecule has 0 heterocycles. The van der Waals surface area contributed by atoms with Crippen LogP contribution in [0.3, 0.4) is 0 Å². The summed E-state index contributed by atoms with van der Waals surface area (Å²) < 4.78 is 14.2. The number of rotatable bonds is 6. The van der Waals surface area contributed by atoms with E-state index < -0.39 is 0 Å². The molecule has 0 fully saturated rings. The fourth-order valence-corrected chi connectivity index (χ4v) is 2.41. The van der Waals surface area contributed by atoms with Crippen molar-refractivity contribution in [1.29, 1.82) is 0 Å². The molecule has 0 aromatic heterocycles. The van der Waals surface area contributed by atoms with E-state index in [2.05, 4.69) is 20.8 Å². The summed E-state index contributed by atoms with van der Waals surface area (Å²) >= 11 is 0. The maximum Gasteiger partial charge on any atom is 0.146 e. The Labute approximate surface area is 116 Å². The van der Waals surface area contributed by atoms with Gasteiger partial charge in [-0.3, -0.25) is 0 Å². The minimum atomic E-state index is -0.156. The minimum Gasteiger partial charge on any atom is -0.370 e. The van der Waals surface area contributed by atoms with E-state index in [9.17, 15) is 4.39 Å². The monoisotopic (exact) mass is 266 g/mol. The van der Waals surface area contributed by atoms with Crippen molar-refractivity contribution in [2.75, 3.05) is 11.9 Å². The highest BCUT2D eigenvalue weighted by Crippen LogP contribution is 2.23. The zero-order valence-electron chi connectivity index (χ0n) is 12.8.